The Balaban J connectivity index is 1.34. The van der Waals surface area contributed by atoms with Crippen LogP contribution in [0.3, 0.4) is 0 Å². The standard InChI is InChI=1S/C21H26N2O/c24-21(23-20-9-5-2-6-10-20)15-16-22-19-13-11-18(12-14-19)17-7-3-1-4-8-17/h1-10,18-19,22H,11-16H2,(H,23,24). The molecule has 0 unspecified atom stereocenters. The first-order valence-electron chi connectivity index (χ1n) is 8.94. The fourth-order valence-electron chi connectivity index (χ4n) is 3.49. The highest BCUT2D eigenvalue weighted by Crippen LogP contribution is 2.32. The van der Waals surface area contributed by atoms with Gasteiger partial charge in [-0.2, -0.15) is 0 Å². The van der Waals surface area contributed by atoms with Crippen molar-refractivity contribution >= 4 is 11.6 Å². The second kappa shape index (κ2) is 8.65. The maximum atomic E-state index is 11.9. The molecule has 0 bridgehead atoms. The Labute approximate surface area is 144 Å². The smallest absolute Gasteiger partial charge is 0.225 e. The van der Waals surface area contributed by atoms with Gasteiger partial charge in [-0.05, 0) is 49.3 Å². The number of carbonyl (C=O) groups excluding carboxylic acids is 1. The molecule has 2 aromatic carbocycles. The van der Waals surface area contributed by atoms with E-state index in [0.29, 0.717) is 18.4 Å². The lowest BCUT2D eigenvalue weighted by Gasteiger charge is -2.29. The summed E-state index contributed by atoms with van der Waals surface area (Å²) in [5.41, 5.74) is 2.34. The van der Waals surface area contributed by atoms with E-state index in [1.54, 1.807) is 0 Å². The summed E-state index contributed by atoms with van der Waals surface area (Å²) in [6.45, 7) is 0.749. The highest BCUT2D eigenvalue weighted by atomic mass is 16.1. The van der Waals surface area contributed by atoms with Gasteiger partial charge in [0.2, 0.25) is 5.91 Å². The number of nitrogens with one attached hydrogen (secondary N) is 2. The molecule has 3 rings (SSSR count). The molecule has 1 amide bonds. The molecule has 2 N–H and O–H groups in total. The number of hydrogen-bond acceptors (Lipinski definition) is 2. The highest BCUT2D eigenvalue weighted by Gasteiger charge is 2.21. The third kappa shape index (κ3) is 4.93. The van der Waals surface area contributed by atoms with E-state index in [-0.39, 0.29) is 5.91 Å². The molecule has 1 aliphatic rings. The summed E-state index contributed by atoms with van der Waals surface area (Å²) in [6.07, 6.45) is 5.38. The first kappa shape index (κ1) is 16.7. The van der Waals surface area contributed by atoms with E-state index in [9.17, 15) is 4.79 Å². The number of amides is 1. The van der Waals surface area contributed by atoms with Crippen molar-refractivity contribution in [1.82, 2.24) is 5.32 Å². The minimum atomic E-state index is 0.0756. The third-order valence-electron chi connectivity index (χ3n) is 4.84. The SMILES string of the molecule is O=C(CCNC1CCC(c2ccccc2)CC1)Nc1ccccc1. The zero-order valence-electron chi connectivity index (χ0n) is 14.1. The largest absolute Gasteiger partial charge is 0.326 e. The van der Waals surface area contributed by atoms with Gasteiger partial charge in [0.05, 0.1) is 0 Å². The Morgan fingerprint density at radius 1 is 0.875 bits per heavy atom. The van der Waals surface area contributed by atoms with Crippen LogP contribution in [0.2, 0.25) is 0 Å². The van der Waals surface area contributed by atoms with Crippen molar-refractivity contribution in [3.05, 3.63) is 66.2 Å². The third-order valence-corrected chi connectivity index (χ3v) is 4.84. The van der Waals surface area contributed by atoms with Crippen LogP contribution in [-0.4, -0.2) is 18.5 Å². The van der Waals surface area contributed by atoms with Crippen LogP contribution >= 0.6 is 0 Å². The molecule has 0 atom stereocenters. The lowest BCUT2D eigenvalue weighted by molar-refractivity contribution is -0.116. The molecule has 3 heteroatoms. The van der Waals surface area contributed by atoms with E-state index in [0.717, 1.165) is 12.2 Å². The maximum Gasteiger partial charge on any atom is 0.225 e. The summed E-state index contributed by atoms with van der Waals surface area (Å²) < 4.78 is 0. The molecule has 126 valence electrons. The molecule has 0 aliphatic heterocycles. The first-order valence-corrected chi connectivity index (χ1v) is 8.94. The van der Waals surface area contributed by atoms with Crippen molar-refractivity contribution in [3.63, 3.8) is 0 Å². The van der Waals surface area contributed by atoms with Crippen LogP contribution in [0.25, 0.3) is 0 Å². The minimum Gasteiger partial charge on any atom is -0.326 e. The van der Waals surface area contributed by atoms with Gasteiger partial charge in [-0.25, -0.2) is 0 Å². The summed E-state index contributed by atoms with van der Waals surface area (Å²) >= 11 is 0. The van der Waals surface area contributed by atoms with Crippen molar-refractivity contribution in [3.8, 4) is 0 Å². The number of rotatable bonds is 6. The lowest BCUT2D eigenvalue weighted by atomic mass is 9.82. The summed E-state index contributed by atoms with van der Waals surface area (Å²) in [5, 5.41) is 6.48. The van der Waals surface area contributed by atoms with E-state index in [1.807, 2.05) is 30.3 Å². The number of benzene rings is 2. The van der Waals surface area contributed by atoms with Gasteiger partial charge in [-0.15, -0.1) is 0 Å². The van der Waals surface area contributed by atoms with Crippen LogP contribution in [0.1, 0.15) is 43.6 Å². The molecule has 1 fully saturated rings. The minimum absolute atomic E-state index is 0.0756. The second-order valence-electron chi connectivity index (χ2n) is 6.58. The van der Waals surface area contributed by atoms with E-state index in [4.69, 9.17) is 0 Å². The number of anilines is 1. The molecule has 3 nitrogen and oxygen atoms in total. The average Bonchev–Trinajstić information content (AvgIpc) is 2.64. The van der Waals surface area contributed by atoms with Gasteiger partial charge in [-0.1, -0.05) is 48.5 Å². The molecule has 0 heterocycles. The van der Waals surface area contributed by atoms with Crippen molar-refractivity contribution in [2.45, 2.75) is 44.1 Å². The normalized spacial score (nSPS) is 20.5. The van der Waals surface area contributed by atoms with Crippen molar-refractivity contribution in [2.75, 3.05) is 11.9 Å². The molecule has 0 saturated heterocycles. The predicted octanol–water partition coefficient (Wildman–Crippen LogP) is 4.33. The van der Waals surface area contributed by atoms with Gasteiger partial charge >= 0.3 is 0 Å². The Kier molecular flexibility index (Phi) is 6.02. The Morgan fingerprint density at radius 3 is 2.17 bits per heavy atom. The summed E-state index contributed by atoms with van der Waals surface area (Å²) in [6, 6.07) is 21.0. The van der Waals surface area contributed by atoms with Gasteiger partial charge in [-0.3, -0.25) is 4.79 Å². The summed E-state index contributed by atoms with van der Waals surface area (Å²) in [5.74, 6) is 0.775. The molecule has 0 aromatic heterocycles. The Bertz CT molecular complexity index is 619. The molecule has 1 aliphatic carbocycles. The number of hydrogen-bond donors (Lipinski definition) is 2. The van der Waals surface area contributed by atoms with E-state index in [1.165, 1.54) is 31.2 Å². The van der Waals surface area contributed by atoms with Crippen molar-refractivity contribution < 1.29 is 4.79 Å². The molecular weight excluding hydrogens is 296 g/mol. The van der Waals surface area contributed by atoms with E-state index in [2.05, 4.69) is 41.0 Å². The van der Waals surface area contributed by atoms with Crippen LogP contribution in [0.15, 0.2) is 60.7 Å². The van der Waals surface area contributed by atoms with Gasteiger partial charge in [0.1, 0.15) is 0 Å². The molecule has 0 spiro atoms. The first-order chi connectivity index (χ1) is 11.8. The topological polar surface area (TPSA) is 41.1 Å². The number of carbonyl (C=O) groups is 1. The summed E-state index contributed by atoms with van der Waals surface area (Å²) in [7, 11) is 0. The van der Waals surface area contributed by atoms with Crippen LogP contribution < -0.4 is 10.6 Å². The summed E-state index contributed by atoms with van der Waals surface area (Å²) in [4.78, 5) is 11.9. The highest BCUT2D eigenvalue weighted by molar-refractivity contribution is 5.90. The van der Waals surface area contributed by atoms with Crippen LogP contribution in [0.4, 0.5) is 5.69 Å². The second-order valence-corrected chi connectivity index (χ2v) is 6.58. The van der Waals surface area contributed by atoms with Gasteiger partial charge < -0.3 is 10.6 Å². The number of para-hydroxylation sites is 1. The lowest BCUT2D eigenvalue weighted by Crippen LogP contribution is -2.34. The van der Waals surface area contributed by atoms with Gasteiger partial charge in [0.25, 0.3) is 0 Å². The molecule has 24 heavy (non-hydrogen) atoms. The van der Waals surface area contributed by atoms with Crippen LogP contribution in [0, 0.1) is 0 Å². The van der Waals surface area contributed by atoms with E-state index >= 15 is 0 Å². The maximum absolute atomic E-state index is 11.9. The molecular formula is C21H26N2O. The van der Waals surface area contributed by atoms with Gasteiger partial charge in [0, 0.05) is 24.7 Å². The molecule has 1 saturated carbocycles. The van der Waals surface area contributed by atoms with Crippen molar-refractivity contribution in [1.29, 1.82) is 0 Å². The zero-order valence-corrected chi connectivity index (χ0v) is 14.1. The van der Waals surface area contributed by atoms with Crippen LogP contribution in [0.5, 0.6) is 0 Å². The average molecular weight is 322 g/mol. The van der Waals surface area contributed by atoms with Gasteiger partial charge in [0.15, 0.2) is 0 Å². The fraction of sp³-hybridized carbons (Fsp3) is 0.381. The monoisotopic (exact) mass is 322 g/mol. The predicted molar refractivity (Wildman–Crippen MR) is 99.1 cm³/mol. The van der Waals surface area contributed by atoms with Crippen LogP contribution in [-0.2, 0) is 4.79 Å². The van der Waals surface area contributed by atoms with Crippen molar-refractivity contribution in [2.24, 2.45) is 0 Å². The zero-order chi connectivity index (χ0) is 16.6. The fourth-order valence-corrected chi connectivity index (χ4v) is 3.49. The molecule has 0 radical (unpaired) electrons. The quantitative estimate of drug-likeness (QED) is 0.831. The Morgan fingerprint density at radius 2 is 1.50 bits per heavy atom. The molecule has 2 aromatic rings. The Hall–Kier alpha value is -2.13. The van der Waals surface area contributed by atoms with E-state index < -0.39 is 0 Å².